The molecule has 1 saturated carbocycles. The third-order valence-electron chi connectivity index (χ3n) is 5.23. The van der Waals surface area contributed by atoms with Crippen molar-refractivity contribution in [2.75, 3.05) is 7.05 Å². The number of carbonyl (C=O) groups excluding carboxylic acids is 1. The third kappa shape index (κ3) is 3.68. The lowest BCUT2D eigenvalue weighted by molar-refractivity contribution is -0.134. The fraction of sp³-hybridized carbons (Fsp3) is 0.381. The zero-order valence-electron chi connectivity index (χ0n) is 14.3. The first-order valence-corrected chi connectivity index (χ1v) is 8.78. The van der Waals surface area contributed by atoms with E-state index in [4.69, 9.17) is 5.73 Å². The van der Waals surface area contributed by atoms with Crippen LogP contribution in [0, 0.1) is 5.92 Å². The average Bonchev–Trinajstić information content (AvgIpc) is 3.09. The highest BCUT2D eigenvalue weighted by Gasteiger charge is 2.34. The van der Waals surface area contributed by atoms with Crippen LogP contribution < -0.4 is 5.73 Å². The summed E-state index contributed by atoms with van der Waals surface area (Å²) in [7, 11) is 1.92. The van der Waals surface area contributed by atoms with Gasteiger partial charge in [-0.1, -0.05) is 67.1 Å². The Morgan fingerprint density at radius 2 is 1.71 bits per heavy atom. The molecule has 126 valence electrons. The molecule has 0 bridgehead atoms. The van der Waals surface area contributed by atoms with Crippen molar-refractivity contribution in [3.63, 3.8) is 0 Å². The van der Waals surface area contributed by atoms with E-state index in [-0.39, 0.29) is 11.9 Å². The van der Waals surface area contributed by atoms with Gasteiger partial charge in [0, 0.05) is 13.1 Å². The molecule has 3 nitrogen and oxygen atoms in total. The largest absolute Gasteiger partial charge is 0.341 e. The Kier molecular flexibility index (Phi) is 5.31. The molecule has 1 amide bonds. The Balaban J connectivity index is 1.68. The summed E-state index contributed by atoms with van der Waals surface area (Å²) < 4.78 is 0. The molecule has 0 radical (unpaired) electrons. The Labute approximate surface area is 144 Å². The van der Waals surface area contributed by atoms with Gasteiger partial charge in [-0.3, -0.25) is 4.79 Å². The molecule has 0 aromatic heterocycles. The van der Waals surface area contributed by atoms with Crippen LogP contribution in [0.25, 0.3) is 0 Å². The number of carbonyl (C=O) groups is 1. The van der Waals surface area contributed by atoms with Gasteiger partial charge in [0.25, 0.3) is 0 Å². The summed E-state index contributed by atoms with van der Waals surface area (Å²) in [5, 5.41) is 0. The summed E-state index contributed by atoms with van der Waals surface area (Å²) in [6, 6.07) is 19.9. The quantitative estimate of drug-likeness (QED) is 0.915. The van der Waals surface area contributed by atoms with Crippen molar-refractivity contribution in [1.29, 1.82) is 0 Å². The SMILES string of the molecule is CN(C(=O)[C@H](N)c1ccccc1)[C@@H]1CCC[C@@H]1Cc1ccccc1. The van der Waals surface area contributed by atoms with Crippen molar-refractivity contribution in [1.82, 2.24) is 4.90 Å². The average molecular weight is 322 g/mol. The molecule has 0 saturated heterocycles. The summed E-state index contributed by atoms with van der Waals surface area (Å²) in [6.45, 7) is 0. The maximum atomic E-state index is 12.8. The Morgan fingerprint density at radius 3 is 2.38 bits per heavy atom. The van der Waals surface area contributed by atoms with Gasteiger partial charge in [0.1, 0.15) is 6.04 Å². The summed E-state index contributed by atoms with van der Waals surface area (Å²) in [5.74, 6) is 0.537. The summed E-state index contributed by atoms with van der Waals surface area (Å²) in [4.78, 5) is 14.7. The highest BCUT2D eigenvalue weighted by Crippen LogP contribution is 2.33. The predicted molar refractivity (Wildman–Crippen MR) is 97.4 cm³/mol. The fourth-order valence-corrected chi connectivity index (χ4v) is 3.87. The zero-order chi connectivity index (χ0) is 16.9. The number of hydrogen-bond acceptors (Lipinski definition) is 2. The van der Waals surface area contributed by atoms with Gasteiger partial charge in [-0.15, -0.1) is 0 Å². The lowest BCUT2D eigenvalue weighted by Gasteiger charge is -2.32. The lowest BCUT2D eigenvalue weighted by Crippen LogP contribution is -2.44. The first kappa shape index (κ1) is 16.7. The molecule has 1 aliphatic rings. The van der Waals surface area contributed by atoms with Gasteiger partial charge in [-0.2, -0.15) is 0 Å². The maximum Gasteiger partial charge on any atom is 0.244 e. The van der Waals surface area contributed by atoms with E-state index in [0.29, 0.717) is 5.92 Å². The van der Waals surface area contributed by atoms with Crippen LogP contribution >= 0.6 is 0 Å². The van der Waals surface area contributed by atoms with Crippen molar-refractivity contribution >= 4 is 5.91 Å². The second kappa shape index (κ2) is 7.63. The van der Waals surface area contributed by atoms with Gasteiger partial charge < -0.3 is 10.6 Å². The topological polar surface area (TPSA) is 46.3 Å². The van der Waals surface area contributed by atoms with Crippen LogP contribution in [0.1, 0.15) is 36.4 Å². The van der Waals surface area contributed by atoms with Crippen LogP contribution in [-0.2, 0) is 11.2 Å². The van der Waals surface area contributed by atoms with Crippen LogP contribution in [-0.4, -0.2) is 23.9 Å². The standard InChI is InChI=1S/C21H26N2O/c1-23(21(24)20(22)17-11-6-3-7-12-17)19-14-8-13-18(19)15-16-9-4-2-5-10-16/h2-7,9-12,18-20H,8,13-15,22H2,1H3/t18-,19-,20-/m1/s1. The molecule has 1 aliphatic carbocycles. The number of hydrogen-bond donors (Lipinski definition) is 1. The van der Waals surface area contributed by atoms with Gasteiger partial charge in [0.05, 0.1) is 0 Å². The van der Waals surface area contributed by atoms with E-state index in [9.17, 15) is 4.79 Å². The maximum absolute atomic E-state index is 12.8. The van der Waals surface area contributed by atoms with Crippen LogP contribution in [0.3, 0.4) is 0 Å². The van der Waals surface area contributed by atoms with Gasteiger partial charge in [0.15, 0.2) is 0 Å². The van der Waals surface area contributed by atoms with Crippen molar-refractivity contribution in [3.05, 3.63) is 71.8 Å². The minimum atomic E-state index is -0.575. The minimum Gasteiger partial charge on any atom is -0.341 e. The number of amides is 1. The second-order valence-corrected chi connectivity index (χ2v) is 6.79. The van der Waals surface area contributed by atoms with Crippen LogP contribution in [0.15, 0.2) is 60.7 Å². The molecule has 3 rings (SSSR count). The highest BCUT2D eigenvalue weighted by molar-refractivity contribution is 5.83. The summed E-state index contributed by atoms with van der Waals surface area (Å²) >= 11 is 0. The predicted octanol–water partition coefficient (Wildman–Crippen LogP) is 3.56. The molecule has 3 heteroatoms. The molecule has 24 heavy (non-hydrogen) atoms. The lowest BCUT2D eigenvalue weighted by atomic mass is 9.93. The van der Waals surface area contributed by atoms with E-state index in [1.54, 1.807) is 0 Å². The number of likely N-dealkylation sites (N-methyl/N-ethyl adjacent to an activating group) is 1. The van der Waals surface area contributed by atoms with E-state index in [2.05, 4.69) is 24.3 Å². The molecule has 2 N–H and O–H groups in total. The van der Waals surface area contributed by atoms with Crippen molar-refractivity contribution in [3.8, 4) is 0 Å². The van der Waals surface area contributed by atoms with E-state index in [0.717, 1.165) is 18.4 Å². The monoisotopic (exact) mass is 322 g/mol. The van der Waals surface area contributed by atoms with E-state index in [1.807, 2.05) is 48.3 Å². The Morgan fingerprint density at radius 1 is 1.08 bits per heavy atom. The number of nitrogens with zero attached hydrogens (tertiary/aromatic N) is 1. The number of benzene rings is 2. The first-order valence-electron chi connectivity index (χ1n) is 8.78. The van der Waals surface area contributed by atoms with Gasteiger partial charge in [-0.05, 0) is 36.3 Å². The van der Waals surface area contributed by atoms with Crippen LogP contribution in [0.5, 0.6) is 0 Å². The number of nitrogens with two attached hydrogens (primary N) is 1. The molecule has 0 unspecified atom stereocenters. The van der Waals surface area contributed by atoms with Gasteiger partial charge in [-0.25, -0.2) is 0 Å². The number of rotatable bonds is 5. The third-order valence-corrected chi connectivity index (χ3v) is 5.23. The van der Waals surface area contributed by atoms with Crippen molar-refractivity contribution < 1.29 is 4.79 Å². The first-order chi connectivity index (χ1) is 11.7. The molecule has 1 fully saturated rings. The van der Waals surface area contributed by atoms with Crippen LogP contribution in [0.4, 0.5) is 0 Å². The smallest absolute Gasteiger partial charge is 0.244 e. The summed E-state index contributed by atoms with van der Waals surface area (Å²) in [5.41, 5.74) is 8.44. The normalized spacial score (nSPS) is 21.4. The minimum absolute atomic E-state index is 0.0196. The molecule has 0 spiro atoms. The van der Waals surface area contributed by atoms with Crippen molar-refractivity contribution in [2.24, 2.45) is 11.7 Å². The Bertz CT molecular complexity index is 656. The molecule has 0 aliphatic heterocycles. The Hall–Kier alpha value is -2.13. The highest BCUT2D eigenvalue weighted by atomic mass is 16.2. The second-order valence-electron chi connectivity index (χ2n) is 6.79. The van der Waals surface area contributed by atoms with Crippen molar-refractivity contribution in [2.45, 2.75) is 37.8 Å². The summed E-state index contributed by atoms with van der Waals surface area (Å²) in [6.07, 6.45) is 4.46. The van der Waals surface area contributed by atoms with E-state index >= 15 is 0 Å². The fourth-order valence-electron chi connectivity index (χ4n) is 3.87. The molecular formula is C21H26N2O. The molecule has 2 aromatic rings. The van der Waals surface area contributed by atoms with E-state index in [1.165, 1.54) is 18.4 Å². The molecule has 2 aromatic carbocycles. The molecule has 0 heterocycles. The van der Waals surface area contributed by atoms with Gasteiger partial charge >= 0.3 is 0 Å². The zero-order valence-corrected chi connectivity index (χ0v) is 14.3. The van der Waals surface area contributed by atoms with E-state index < -0.39 is 6.04 Å². The van der Waals surface area contributed by atoms with Crippen LogP contribution in [0.2, 0.25) is 0 Å². The molecule has 3 atom stereocenters. The van der Waals surface area contributed by atoms with Gasteiger partial charge in [0.2, 0.25) is 5.91 Å². The molecular weight excluding hydrogens is 296 g/mol.